The molecule has 114 valence electrons. The minimum atomic E-state index is -0.931. The highest BCUT2D eigenvalue weighted by atomic mass is 35.5. The Hall–Kier alpha value is -1.70. The fraction of sp³-hybridized carbons (Fsp3) is 0.417. The van der Waals surface area contributed by atoms with Gasteiger partial charge >= 0.3 is 5.97 Å². The van der Waals surface area contributed by atoms with Gasteiger partial charge in [0.2, 0.25) is 0 Å². The average molecular weight is 307 g/mol. The van der Waals surface area contributed by atoms with E-state index in [9.17, 15) is 14.9 Å². The smallest absolute Gasteiger partial charge is 0.320 e. The number of carboxylic acid groups (broad SMARTS) is 1. The van der Waals surface area contributed by atoms with Crippen LogP contribution < -0.4 is 5.73 Å². The molecule has 0 saturated carbocycles. The van der Waals surface area contributed by atoms with Crippen molar-refractivity contribution in [3.05, 3.63) is 39.9 Å². The Morgan fingerprint density at radius 2 is 1.80 bits per heavy atom. The molecule has 0 aliphatic heterocycles. The molecule has 0 saturated heterocycles. The van der Waals surface area contributed by atoms with E-state index in [1.807, 2.05) is 0 Å². The lowest BCUT2D eigenvalue weighted by atomic mass is 10.1. The molecule has 0 spiro atoms. The van der Waals surface area contributed by atoms with E-state index < -0.39 is 16.9 Å². The molecular weight excluding hydrogens is 288 g/mol. The standard InChI is InChI=1S/C7H7NO3.C5H11NO2.ClH/c9-5-6-1-3-7(4-2-6)8(10)11;1-3(2)4(6)5(7)8;/h1-4,9H,5H2;3-4H,6H2,1-2H3,(H,7,8);1H/t;4-;/m.0./s1. The number of hydrogen-bond acceptors (Lipinski definition) is 5. The second kappa shape index (κ2) is 10.1. The number of aliphatic hydroxyl groups is 1. The minimum Gasteiger partial charge on any atom is -0.480 e. The topological polar surface area (TPSA) is 127 Å². The molecule has 0 aliphatic rings. The number of aliphatic hydroxyl groups excluding tert-OH is 1. The number of halogens is 1. The zero-order valence-corrected chi connectivity index (χ0v) is 12.0. The summed E-state index contributed by atoms with van der Waals surface area (Å²) in [6.07, 6.45) is 0. The fourth-order valence-electron chi connectivity index (χ4n) is 1.01. The summed E-state index contributed by atoms with van der Waals surface area (Å²) in [5.74, 6) is -0.910. The highest BCUT2D eigenvalue weighted by Gasteiger charge is 2.14. The van der Waals surface area contributed by atoms with Crippen LogP contribution in [0.2, 0.25) is 0 Å². The van der Waals surface area contributed by atoms with Gasteiger partial charge in [0.25, 0.3) is 5.69 Å². The Morgan fingerprint density at radius 1 is 1.35 bits per heavy atom. The summed E-state index contributed by atoms with van der Waals surface area (Å²) in [5, 5.41) is 27.0. The molecule has 1 atom stereocenters. The predicted octanol–water partition coefficient (Wildman–Crippen LogP) is 1.56. The number of rotatable bonds is 4. The predicted molar refractivity (Wildman–Crippen MR) is 76.7 cm³/mol. The zero-order chi connectivity index (χ0) is 15.0. The fourth-order valence-corrected chi connectivity index (χ4v) is 1.01. The molecule has 0 fully saturated rings. The number of non-ortho nitro benzene ring substituents is 1. The van der Waals surface area contributed by atoms with E-state index in [4.69, 9.17) is 15.9 Å². The molecule has 0 heterocycles. The average Bonchev–Trinajstić information content (AvgIpc) is 2.38. The summed E-state index contributed by atoms with van der Waals surface area (Å²) in [5.41, 5.74) is 5.88. The van der Waals surface area contributed by atoms with E-state index >= 15 is 0 Å². The van der Waals surface area contributed by atoms with E-state index in [0.717, 1.165) is 0 Å². The van der Waals surface area contributed by atoms with Crippen LogP contribution in [0.4, 0.5) is 5.69 Å². The van der Waals surface area contributed by atoms with Crippen LogP contribution in [-0.2, 0) is 11.4 Å². The van der Waals surface area contributed by atoms with E-state index in [0.29, 0.717) is 5.56 Å². The van der Waals surface area contributed by atoms with Crippen molar-refractivity contribution in [1.82, 2.24) is 0 Å². The Balaban J connectivity index is 0. The Labute approximate surface area is 123 Å². The number of nitrogens with zero attached hydrogens (tertiary/aromatic N) is 1. The van der Waals surface area contributed by atoms with Crippen LogP contribution in [0, 0.1) is 16.0 Å². The van der Waals surface area contributed by atoms with Crippen molar-refractivity contribution in [2.45, 2.75) is 26.5 Å². The van der Waals surface area contributed by atoms with Gasteiger partial charge in [-0.25, -0.2) is 0 Å². The Bertz CT molecular complexity index is 422. The maximum absolute atomic E-state index is 10.1. The first-order valence-electron chi connectivity index (χ1n) is 5.62. The summed E-state index contributed by atoms with van der Waals surface area (Å²) in [7, 11) is 0. The van der Waals surface area contributed by atoms with E-state index in [-0.39, 0.29) is 30.6 Å². The number of nitro benzene ring substituents is 1. The number of carbonyl (C=O) groups is 1. The summed E-state index contributed by atoms with van der Waals surface area (Å²) in [4.78, 5) is 19.7. The minimum absolute atomic E-state index is 0. The number of hydrogen-bond donors (Lipinski definition) is 3. The lowest BCUT2D eigenvalue weighted by molar-refractivity contribution is -0.384. The Kier molecular flexibility index (Phi) is 10.4. The molecule has 1 aromatic carbocycles. The second-order valence-electron chi connectivity index (χ2n) is 4.19. The highest BCUT2D eigenvalue weighted by Crippen LogP contribution is 2.11. The van der Waals surface area contributed by atoms with Gasteiger partial charge < -0.3 is 15.9 Å². The molecule has 0 unspecified atom stereocenters. The van der Waals surface area contributed by atoms with Gasteiger partial charge in [-0.1, -0.05) is 13.8 Å². The maximum Gasteiger partial charge on any atom is 0.320 e. The molecule has 7 nitrogen and oxygen atoms in total. The van der Waals surface area contributed by atoms with Crippen molar-refractivity contribution in [2.75, 3.05) is 0 Å². The van der Waals surface area contributed by atoms with Crippen molar-refractivity contribution in [3.8, 4) is 0 Å². The molecule has 0 radical (unpaired) electrons. The number of aliphatic carboxylic acids is 1. The van der Waals surface area contributed by atoms with Gasteiger partial charge in [-0.05, 0) is 23.6 Å². The molecule has 0 amide bonds. The molecule has 20 heavy (non-hydrogen) atoms. The maximum atomic E-state index is 10.1. The van der Waals surface area contributed by atoms with Crippen LogP contribution in [0.5, 0.6) is 0 Å². The molecule has 0 aliphatic carbocycles. The van der Waals surface area contributed by atoms with Crippen molar-refractivity contribution < 1.29 is 19.9 Å². The number of nitrogens with two attached hydrogens (primary N) is 1. The van der Waals surface area contributed by atoms with Crippen LogP contribution in [-0.4, -0.2) is 27.1 Å². The van der Waals surface area contributed by atoms with Gasteiger partial charge in [0.15, 0.2) is 0 Å². The monoisotopic (exact) mass is 306 g/mol. The van der Waals surface area contributed by atoms with Crippen molar-refractivity contribution in [3.63, 3.8) is 0 Å². The van der Waals surface area contributed by atoms with Gasteiger partial charge in [0, 0.05) is 12.1 Å². The van der Waals surface area contributed by atoms with Crippen LogP contribution in [0.15, 0.2) is 24.3 Å². The summed E-state index contributed by atoms with van der Waals surface area (Å²) >= 11 is 0. The van der Waals surface area contributed by atoms with E-state index in [1.54, 1.807) is 13.8 Å². The van der Waals surface area contributed by atoms with Crippen molar-refractivity contribution >= 4 is 24.1 Å². The van der Waals surface area contributed by atoms with Gasteiger partial charge in [-0.15, -0.1) is 12.4 Å². The molecule has 4 N–H and O–H groups in total. The lowest BCUT2D eigenvalue weighted by Crippen LogP contribution is -2.34. The van der Waals surface area contributed by atoms with Gasteiger partial charge in [-0.2, -0.15) is 0 Å². The van der Waals surface area contributed by atoms with E-state index in [2.05, 4.69) is 0 Å². The van der Waals surface area contributed by atoms with Crippen LogP contribution in [0.1, 0.15) is 19.4 Å². The van der Waals surface area contributed by atoms with Crippen LogP contribution in [0.25, 0.3) is 0 Å². The van der Waals surface area contributed by atoms with Crippen molar-refractivity contribution in [1.29, 1.82) is 0 Å². The van der Waals surface area contributed by atoms with Gasteiger partial charge in [0.1, 0.15) is 6.04 Å². The Morgan fingerprint density at radius 3 is 2.00 bits per heavy atom. The lowest BCUT2D eigenvalue weighted by Gasteiger charge is -2.07. The van der Waals surface area contributed by atoms with Crippen molar-refractivity contribution in [2.24, 2.45) is 11.7 Å². The summed E-state index contributed by atoms with van der Waals surface area (Å²) < 4.78 is 0. The van der Waals surface area contributed by atoms with Gasteiger partial charge in [0.05, 0.1) is 11.5 Å². The largest absolute Gasteiger partial charge is 0.480 e. The SMILES string of the molecule is CC(C)[C@H](N)C(=O)O.Cl.O=[N+]([O-])c1ccc(CO)cc1. The number of benzene rings is 1. The number of nitro groups is 1. The molecule has 0 bridgehead atoms. The third kappa shape index (κ3) is 7.67. The van der Waals surface area contributed by atoms with Crippen LogP contribution in [0.3, 0.4) is 0 Å². The quantitative estimate of drug-likeness (QED) is 0.572. The molecule has 8 heteroatoms. The normalized spacial score (nSPS) is 10.8. The first-order valence-corrected chi connectivity index (χ1v) is 5.62. The third-order valence-corrected chi connectivity index (χ3v) is 2.33. The zero-order valence-electron chi connectivity index (χ0n) is 11.2. The van der Waals surface area contributed by atoms with Gasteiger partial charge in [-0.3, -0.25) is 14.9 Å². The summed E-state index contributed by atoms with van der Waals surface area (Å²) in [6.45, 7) is 3.47. The summed E-state index contributed by atoms with van der Waals surface area (Å²) in [6, 6.07) is 5.07. The van der Waals surface area contributed by atoms with Crippen LogP contribution >= 0.6 is 12.4 Å². The molecular formula is C12H19ClN2O5. The molecule has 1 rings (SSSR count). The molecule has 0 aromatic heterocycles. The first-order chi connectivity index (χ1) is 8.79. The second-order valence-corrected chi connectivity index (χ2v) is 4.19. The highest BCUT2D eigenvalue weighted by molar-refractivity contribution is 5.85. The van der Waals surface area contributed by atoms with E-state index in [1.165, 1.54) is 24.3 Å². The first kappa shape index (κ1) is 20.6. The third-order valence-electron chi connectivity index (χ3n) is 2.33. The number of carboxylic acids is 1. The molecule has 1 aromatic rings.